The fourth-order valence-corrected chi connectivity index (χ4v) is 6.33. The SMILES string of the molecule is COC(=O)C1=CC[C@@]23CC[C@@H]([C@@](C)(/C=C/C=C(\C)C([O-])=Nc4ccc(C(=O)[O-])cc4)OC2=O)[C@@]3(OC(C)=O)CC1.[Ca+2]. The van der Waals surface area contributed by atoms with Crippen LogP contribution in [-0.4, -0.2) is 85.8 Å². The zero-order chi connectivity index (χ0) is 29.3. The number of carbonyl (C=O) groups excluding carboxylic acids is 4. The van der Waals surface area contributed by atoms with Crippen molar-refractivity contribution in [2.75, 3.05) is 7.11 Å². The van der Waals surface area contributed by atoms with Gasteiger partial charge in [-0.15, -0.1) is 0 Å². The Morgan fingerprint density at radius 2 is 1.80 bits per heavy atom. The van der Waals surface area contributed by atoms with E-state index in [0.29, 0.717) is 29.7 Å². The minimum atomic E-state index is -1.32. The number of aliphatic imine (C=N–C) groups is 1. The number of ether oxygens (including phenoxy) is 3. The van der Waals surface area contributed by atoms with Crippen LogP contribution in [0.1, 0.15) is 63.2 Å². The standard InChI is InChI=1S/C30H33NO9.Ca/c1-18(24(33)31-22-9-7-20(8-10-22)25(34)35)6-5-14-28(3)23-13-16-29(27(37)40-28)15-11-21(26(36)38-4)12-17-30(23,29)39-19(2)32;/h5-11,14,23H,12-13,15-17H2,1-4H3,(H,31,33)(H,34,35);/q;+2/p-2/b14-5+,18-6+;/t23-,28+,29+,30-;/m0./s1. The molecule has 1 aromatic rings. The van der Waals surface area contributed by atoms with Crippen LogP contribution >= 0.6 is 0 Å². The topological polar surface area (TPSA) is 154 Å². The summed E-state index contributed by atoms with van der Waals surface area (Å²) in [5, 5.41) is 23.5. The third kappa shape index (κ3) is 6.01. The van der Waals surface area contributed by atoms with E-state index in [1.165, 1.54) is 38.3 Å². The Hall–Kier alpha value is -2.95. The second kappa shape index (κ2) is 12.5. The first kappa shape index (κ1) is 32.6. The molecule has 1 heterocycles. The molecule has 0 aromatic heterocycles. The number of carboxylic acids is 1. The van der Waals surface area contributed by atoms with E-state index >= 15 is 0 Å². The monoisotopic (exact) mass is 589 g/mol. The Bertz CT molecular complexity index is 1360. The van der Waals surface area contributed by atoms with Gasteiger partial charge in [0.25, 0.3) is 0 Å². The van der Waals surface area contributed by atoms with Gasteiger partial charge in [0.05, 0.1) is 18.8 Å². The first-order valence-electron chi connectivity index (χ1n) is 13.0. The normalized spacial score (nSPS) is 29.4. The van der Waals surface area contributed by atoms with Crippen LogP contribution in [0.5, 0.6) is 0 Å². The van der Waals surface area contributed by atoms with Crippen molar-refractivity contribution in [3.8, 4) is 0 Å². The summed E-state index contributed by atoms with van der Waals surface area (Å²) in [6, 6.07) is 5.41. The molecular formula is C30H31CaNO9. The molecule has 1 aromatic carbocycles. The molecule has 0 unspecified atom stereocenters. The molecule has 2 aliphatic carbocycles. The predicted octanol–water partition coefficient (Wildman–Crippen LogP) is 1.86. The van der Waals surface area contributed by atoms with Crippen LogP contribution < -0.4 is 10.2 Å². The van der Waals surface area contributed by atoms with Gasteiger partial charge in [0.1, 0.15) is 16.6 Å². The fourth-order valence-electron chi connectivity index (χ4n) is 6.33. The van der Waals surface area contributed by atoms with Crippen molar-refractivity contribution < 1.29 is 43.6 Å². The van der Waals surface area contributed by atoms with Crippen molar-refractivity contribution in [2.45, 2.75) is 64.1 Å². The van der Waals surface area contributed by atoms with Crippen LogP contribution in [0.2, 0.25) is 0 Å². The van der Waals surface area contributed by atoms with E-state index in [-0.39, 0.29) is 68.5 Å². The van der Waals surface area contributed by atoms with Gasteiger partial charge in [-0.3, -0.25) is 14.6 Å². The minimum Gasteiger partial charge on any atom is -0.858 e. The molecule has 3 aliphatic rings. The van der Waals surface area contributed by atoms with Gasteiger partial charge in [0.2, 0.25) is 0 Å². The number of esters is 3. The summed E-state index contributed by atoms with van der Waals surface area (Å²) in [4.78, 5) is 53.2. The van der Waals surface area contributed by atoms with Gasteiger partial charge in [0.15, 0.2) is 0 Å². The number of benzene rings is 1. The number of cyclic esters (lactones) is 1. The van der Waals surface area contributed by atoms with Gasteiger partial charge in [0, 0.05) is 18.4 Å². The number of aromatic carboxylic acids is 1. The van der Waals surface area contributed by atoms with Crippen molar-refractivity contribution >= 4 is 73.2 Å². The van der Waals surface area contributed by atoms with Crippen LogP contribution in [0.4, 0.5) is 5.69 Å². The molecule has 1 saturated heterocycles. The van der Waals surface area contributed by atoms with Crippen molar-refractivity contribution in [1.29, 1.82) is 0 Å². The van der Waals surface area contributed by atoms with Crippen LogP contribution in [-0.2, 0) is 28.6 Å². The van der Waals surface area contributed by atoms with Crippen molar-refractivity contribution in [2.24, 2.45) is 16.3 Å². The molecule has 2 bridgehead atoms. The molecule has 0 spiro atoms. The molecule has 2 fully saturated rings. The van der Waals surface area contributed by atoms with Gasteiger partial charge in [-0.25, -0.2) is 4.79 Å². The number of carboxylic acid groups (broad SMARTS) is 1. The molecular weight excluding hydrogens is 558 g/mol. The summed E-state index contributed by atoms with van der Waals surface area (Å²) >= 11 is 0. The summed E-state index contributed by atoms with van der Waals surface area (Å²) in [6.07, 6.45) is 8.26. The zero-order valence-corrected chi connectivity index (χ0v) is 25.8. The van der Waals surface area contributed by atoms with Gasteiger partial charge in [-0.1, -0.05) is 30.4 Å². The molecule has 4 atom stereocenters. The molecule has 10 nitrogen and oxygen atoms in total. The number of hydrogen-bond acceptors (Lipinski definition) is 10. The Balaban J connectivity index is 0.00000462. The van der Waals surface area contributed by atoms with Crippen LogP contribution in [0.15, 0.2) is 64.7 Å². The van der Waals surface area contributed by atoms with Gasteiger partial charge in [-0.05, 0) is 81.2 Å². The predicted molar refractivity (Wildman–Crippen MR) is 145 cm³/mol. The van der Waals surface area contributed by atoms with E-state index in [9.17, 15) is 29.4 Å². The summed E-state index contributed by atoms with van der Waals surface area (Å²) in [7, 11) is 1.30. The largest absolute Gasteiger partial charge is 2.00 e. The zero-order valence-electron chi connectivity index (χ0n) is 23.6. The quantitative estimate of drug-likeness (QED) is 0.116. The number of nitrogens with zero attached hydrogens (tertiary/aromatic N) is 1. The first-order chi connectivity index (χ1) is 18.9. The molecule has 11 heteroatoms. The smallest absolute Gasteiger partial charge is 0.858 e. The van der Waals surface area contributed by atoms with Gasteiger partial charge in [-0.2, -0.15) is 0 Å². The van der Waals surface area contributed by atoms with E-state index in [1.807, 2.05) is 0 Å². The number of allylic oxidation sites excluding steroid dienone is 3. The maximum absolute atomic E-state index is 13.7. The minimum absolute atomic E-state index is 0. The molecule has 1 aliphatic heterocycles. The number of rotatable bonds is 7. The summed E-state index contributed by atoms with van der Waals surface area (Å²) in [5.41, 5.74) is -2.45. The Kier molecular flexibility index (Phi) is 9.93. The summed E-state index contributed by atoms with van der Waals surface area (Å²) < 4.78 is 17.0. The third-order valence-corrected chi connectivity index (χ3v) is 8.31. The summed E-state index contributed by atoms with van der Waals surface area (Å²) in [6.45, 7) is 4.63. The number of carbonyl (C=O) groups is 4. The van der Waals surface area contributed by atoms with E-state index in [4.69, 9.17) is 14.2 Å². The van der Waals surface area contributed by atoms with Crippen LogP contribution in [0, 0.1) is 11.3 Å². The van der Waals surface area contributed by atoms with Gasteiger partial charge >= 0.3 is 55.6 Å². The summed E-state index contributed by atoms with van der Waals surface area (Å²) in [5.74, 6) is -3.74. The second-order valence-corrected chi connectivity index (χ2v) is 10.6. The average Bonchev–Trinajstić information content (AvgIpc) is 3.05. The molecule has 212 valence electrons. The molecule has 0 N–H and O–H groups in total. The fraction of sp³-hybridized carbons (Fsp3) is 0.433. The maximum atomic E-state index is 13.7. The third-order valence-electron chi connectivity index (χ3n) is 8.31. The van der Waals surface area contributed by atoms with Crippen LogP contribution in [0.25, 0.3) is 0 Å². The van der Waals surface area contributed by atoms with E-state index in [0.717, 1.165) is 0 Å². The molecule has 0 amide bonds. The molecule has 1 saturated carbocycles. The van der Waals surface area contributed by atoms with Crippen molar-refractivity contribution in [1.82, 2.24) is 0 Å². The average molecular weight is 590 g/mol. The Morgan fingerprint density at radius 1 is 1.12 bits per heavy atom. The Morgan fingerprint density at radius 3 is 2.41 bits per heavy atom. The van der Waals surface area contributed by atoms with Crippen molar-refractivity contribution in [3.63, 3.8) is 0 Å². The molecule has 0 radical (unpaired) electrons. The van der Waals surface area contributed by atoms with Gasteiger partial charge < -0.3 is 29.2 Å². The van der Waals surface area contributed by atoms with E-state index in [1.54, 1.807) is 38.2 Å². The molecule has 41 heavy (non-hydrogen) atoms. The molecule has 4 rings (SSSR count). The first-order valence-corrected chi connectivity index (χ1v) is 13.0. The van der Waals surface area contributed by atoms with Crippen LogP contribution in [0.3, 0.4) is 0 Å². The number of hydrogen-bond donors (Lipinski definition) is 0. The van der Waals surface area contributed by atoms with E-state index in [2.05, 4.69) is 4.99 Å². The van der Waals surface area contributed by atoms with Crippen molar-refractivity contribution in [3.05, 3.63) is 65.3 Å². The van der Waals surface area contributed by atoms with E-state index < -0.39 is 46.4 Å². The number of methoxy groups -OCH3 is 1. The Labute approximate surface area is 268 Å². The second-order valence-electron chi connectivity index (χ2n) is 10.6. The maximum Gasteiger partial charge on any atom is 2.00 e.